The molecule has 0 bridgehead atoms. The molecule has 12 heteroatoms. The minimum absolute atomic E-state index is 0.0313. The Morgan fingerprint density at radius 3 is 2.25 bits per heavy atom. The van der Waals surface area contributed by atoms with Crippen molar-refractivity contribution in [3.8, 4) is 5.75 Å². The Bertz CT molecular complexity index is 1010. The van der Waals surface area contributed by atoms with Gasteiger partial charge in [-0.05, 0) is 36.8 Å². The highest BCUT2D eigenvalue weighted by Gasteiger charge is 2.47. The summed E-state index contributed by atoms with van der Waals surface area (Å²) in [5.41, 5.74) is -4.97. The van der Waals surface area contributed by atoms with Crippen LogP contribution in [0.15, 0.2) is 42.7 Å². The lowest BCUT2D eigenvalue weighted by Crippen LogP contribution is -2.58. The summed E-state index contributed by atoms with van der Waals surface area (Å²) >= 11 is 0. The number of carboxylic acids is 1. The molecule has 0 aliphatic carbocycles. The molecule has 0 spiro atoms. The molecule has 2 heterocycles. The van der Waals surface area contributed by atoms with Gasteiger partial charge in [-0.2, -0.15) is 26.3 Å². The number of amides is 1. The predicted molar refractivity (Wildman–Crippen MR) is 96.8 cm³/mol. The molecule has 1 aliphatic rings. The molecule has 1 aliphatic heterocycles. The molecule has 1 aromatic heterocycles. The largest absolute Gasteiger partial charge is 0.478 e. The Hall–Kier alpha value is -3.31. The first kappa shape index (κ1) is 23.4. The highest BCUT2D eigenvalue weighted by molar-refractivity contribution is 5.96. The number of hydrogen-bond donors (Lipinski definition) is 1. The van der Waals surface area contributed by atoms with Crippen LogP contribution in [0.5, 0.6) is 5.75 Å². The molecule has 1 amide bonds. The third kappa shape index (κ3) is 4.78. The predicted octanol–water partition coefficient (Wildman–Crippen LogP) is 4.26. The molecule has 0 saturated carbocycles. The molecule has 1 saturated heterocycles. The number of piperidine rings is 1. The van der Waals surface area contributed by atoms with Crippen molar-refractivity contribution < 1.29 is 45.8 Å². The Kier molecular flexibility index (Phi) is 6.07. The number of alkyl halides is 6. The van der Waals surface area contributed by atoms with Gasteiger partial charge < -0.3 is 14.7 Å². The second kappa shape index (κ2) is 8.32. The smallest absolute Gasteiger partial charge is 0.417 e. The molecule has 0 unspecified atom stereocenters. The summed E-state index contributed by atoms with van der Waals surface area (Å²) in [6.07, 6.45) is -7.82. The molecular formula is C20H16F6N2O4. The molecule has 3 rings (SSSR count). The molecule has 2 aromatic rings. The first-order valence-electron chi connectivity index (χ1n) is 9.24. The van der Waals surface area contributed by atoms with E-state index in [9.17, 15) is 41.0 Å². The van der Waals surface area contributed by atoms with E-state index in [1.165, 1.54) is 0 Å². The van der Waals surface area contributed by atoms with Gasteiger partial charge in [0, 0.05) is 25.4 Å². The quantitative estimate of drug-likeness (QED) is 0.688. The number of carbonyl (C=O) groups is 2. The third-order valence-electron chi connectivity index (χ3n) is 4.98. The Labute approximate surface area is 177 Å². The van der Waals surface area contributed by atoms with Crippen LogP contribution in [-0.4, -0.2) is 45.6 Å². The SMILES string of the molecule is O=C(c1cnccc1C(F)(F)F)N1CCC[C@@](Oc2ccc(C(F)(F)F)cc2)(C(=O)O)C1. The lowest BCUT2D eigenvalue weighted by atomic mass is 9.91. The van der Waals surface area contributed by atoms with Gasteiger partial charge in [0.1, 0.15) is 5.75 Å². The average Bonchev–Trinajstić information content (AvgIpc) is 2.72. The number of ether oxygens (including phenoxy) is 1. The van der Waals surface area contributed by atoms with E-state index >= 15 is 0 Å². The van der Waals surface area contributed by atoms with Gasteiger partial charge in [0.05, 0.1) is 23.2 Å². The van der Waals surface area contributed by atoms with Gasteiger partial charge in [0.25, 0.3) is 5.91 Å². The Morgan fingerprint density at radius 1 is 1.03 bits per heavy atom. The van der Waals surface area contributed by atoms with Crippen LogP contribution < -0.4 is 4.74 Å². The fraction of sp³-hybridized carbons (Fsp3) is 0.350. The monoisotopic (exact) mass is 462 g/mol. The Morgan fingerprint density at radius 2 is 1.69 bits per heavy atom. The number of likely N-dealkylation sites (tertiary alicyclic amines) is 1. The van der Waals surface area contributed by atoms with Crippen molar-refractivity contribution in [1.29, 1.82) is 0 Å². The van der Waals surface area contributed by atoms with Crippen molar-refractivity contribution in [2.24, 2.45) is 0 Å². The zero-order valence-electron chi connectivity index (χ0n) is 16.2. The number of nitrogens with zero attached hydrogens (tertiary/aromatic N) is 2. The van der Waals surface area contributed by atoms with Gasteiger partial charge in [0.2, 0.25) is 5.60 Å². The molecular weight excluding hydrogens is 446 g/mol. The normalized spacial score (nSPS) is 19.5. The number of carbonyl (C=O) groups excluding carboxylic acids is 1. The van der Waals surface area contributed by atoms with Gasteiger partial charge >= 0.3 is 18.3 Å². The van der Waals surface area contributed by atoms with Gasteiger partial charge in [-0.25, -0.2) is 4.79 Å². The maximum Gasteiger partial charge on any atom is 0.417 e. The summed E-state index contributed by atoms with van der Waals surface area (Å²) in [6, 6.07) is 3.94. The van der Waals surface area contributed by atoms with Crippen LogP contribution in [0, 0.1) is 0 Å². The van der Waals surface area contributed by atoms with E-state index in [4.69, 9.17) is 4.74 Å². The number of benzene rings is 1. The van der Waals surface area contributed by atoms with Gasteiger partial charge in [-0.1, -0.05) is 0 Å². The Balaban J connectivity index is 1.87. The molecule has 1 fully saturated rings. The number of rotatable bonds is 4. The maximum atomic E-state index is 13.3. The van der Waals surface area contributed by atoms with Gasteiger partial charge in [0.15, 0.2) is 0 Å². The van der Waals surface area contributed by atoms with E-state index in [0.29, 0.717) is 18.2 Å². The van der Waals surface area contributed by atoms with E-state index < -0.39 is 53.1 Å². The van der Waals surface area contributed by atoms with E-state index in [1.807, 2.05) is 0 Å². The lowest BCUT2D eigenvalue weighted by molar-refractivity contribution is -0.159. The average molecular weight is 462 g/mol. The van der Waals surface area contributed by atoms with Gasteiger partial charge in [-0.15, -0.1) is 0 Å². The zero-order valence-corrected chi connectivity index (χ0v) is 16.2. The highest BCUT2D eigenvalue weighted by atomic mass is 19.4. The summed E-state index contributed by atoms with van der Waals surface area (Å²) in [5.74, 6) is -2.77. The van der Waals surface area contributed by atoms with Crippen LogP contribution in [0.25, 0.3) is 0 Å². The summed E-state index contributed by atoms with van der Waals surface area (Å²) < 4.78 is 83.5. The van der Waals surface area contributed by atoms with E-state index in [0.717, 1.165) is 29.4 Å². The summed E-state index contributed by atoms with van der Waals surface area (Å²) in [5, 5.41) is 9.75. The minimum Gasteiger partial charge on any atom is -0.478 e. The van der Waals surface area contributed by atoms with Crippen molar-refractivity contribution in [1.82, 2.24) is 9.88 Å². The third-order valence-corrected chi connectivity index (χ3v) is 4.98. The zero-order chi connectivity index (χ0) is 23.7. The van der Waals surface area contributed by atoms with Crippen molar-refractivity contribution >= 4 is 11.9 Å². The van der Waals surface area contributed by atoms with Crippen LogP contribution in [0.1, 0.15) is 34.3 Å². The van der Waals surface area contributed by atoms with Crippen LogP contribution in [-0.2, 0) is 17.1 Å². The number of hydrogen-bond acceptors (Lipinski definition) is 4. The first-order chi connectivity index (χ1) is 14.8. The first-order valence-corrected chi connectivity index (χ1v) is 9.24. The van der Waals surface area contributed by atoms with E-state index in [1.54, 1.807) is 0 Å². The summed E-state index contributed by atoms with van der Waals surface area (Å²) in [4.78, 5) is 29.3. The standard InChI is InChI=1S/C20H16F6N2O4/c21-19(22,23)12-2-4-13(5-3-12)32-18(17(30)31)7-1-9-28(11-18)16(29)14-10-27-8-6-15(14)20(24,25)26/h2-6,8,10H,1,7,9,11H2,(H,30,31)/t18-/m0/s1. The van der Waals surface area contributed by atoms with Crippen LogP contribution in [0.2, 0.25) is 0 Å². The number of aromatic nitrogens is 1. The number of aliphatic carboxylic acids is 1. The molecule has 0 radical (unpaired) electrons. The van der Waals surface area contributed by atoms with Crippen LogP contribution >= 0.6 is 0 Å². The van der Waals surface area contributed by atoms with Gasteiger partial charge in [-0.3, -0.25) is 9.78 Å². The fourth-order valence-corrected chi connectivity index (χ4v) is 3.42. The number of halogens is 6. The van der Waals surface area contributed by atoms with E-state index in [-0.39, 0.29) is 25.1 Å². The summed E-state index contributed by atoms with van der Waals surface area (Å²) in [6.45, 7) is -0.634. The van der Waals surface area contributed by atoms with E-state index in [2.05, 4.69) is 4.98 Å². The maximum absolute atomic E-state index is 13.3. The number of carboxylic acid groups (broad SMARTS) is 1. The molecule has 32 heavy (non-hydrogen) atoms. The van der Waals surface area contributed by atoms with Crippen LogP contribution in [0.4, 0.5) is 26.3 Å². The molecule has 1 atom stereocenters. The topological polar surface area (TPSA) is 79.7 Å². The van der Waals surface area contributed by atoms with Crippen molar-refractivity contribution in [2.75, 3.05) is 13.1 Å². The van der Waals surface area contributed by atoms with Crippen LogP contribution in [0.3, 0.4) is 0 Å². The number of pyridine rings is 1. The lowest BCUT2D eigenvalue weighted by Gasteiger charge is -2.40. The summed E-state index contributed by atoms with van der Waals surface area (Å²) in [7, 11) is 0. The second-order valence-corrected chi connectivity index (χ2v) is 7.17. The molecule has 172 valence electrons. The molecule has 6 nitrogen and oxygen atoms in total. The molecule has 1 N–H and O–H groups in total. The molecule has 1 aromatic carbocycles. The van der Waals surface area contributed by atoms with Crippen molar-refractivity contribution in [2.45, 2.75) is 30.8 Å². The fourth-order valence-electron chi connectivity index (χ4n) is 3.42. The minimum atomic E-state index is -4.83. The highest BCUT2D eigenvalue weighted by Crippen LogP contribution is 2.35. The van der Waals surface area contributed by atoms with Crippen molar-refractivity contribution in [3.63, 3.8) is 0 Å². The van der Waals surface area contributed by atoms with Crippen molar-refractivity contribution in [3.05, 3.63) is 59.4 Å². The second-order valence-electron chi connectivity index (χ2n) is 7.17.